The van der Waals surface area contributed by atoms with Crippen LogP contribution in [0, 0.1) is 5.92 Å². The van der Waals surface area contributed by atoms with Crippen molar-refractivity contribution in [1.29, 1.82) is 0 Å². The third-order valence-corrected chi connectivity index (χ3v) is 7.19. The van der Waals surface area contributed by atoms with E-state index in [4.69, 9.17) is 0 Å². The van der Waals surface area contributed by atoms with E-state index in [9.17, 15) is 13.2 Å². The van der Waals surface area contributed by atoms with Crippen LogP contribution >= 0.6 is 11.3 Å². The maximum Gasteiger partial charge on any atom is 0.226 e. The maximum absolute atomic E-state index is 12.2. The fourth-order valence-electron chi connectivity index (χ4n) is 3.28. The average Bonchev–Trinajstić information content (AvgIpc) is 3.20. The first-order chi connectivity index (χ1) is 12.5. The Kier molecular flexibility index (Phi) is 4.50. The van der Waals surface area contributed by atoms with Crippen LogP contribution in [-0.4, -0.2) is 30.8 Å². The number of fused-ring (bicyclic) bond motifs is 1. The lowest BCUT2D eigenvalue weighted by molar-refractivity contribution is -0.116. The van der Waals surface area contributed by atoms with Crippen LogP contribution in [0.2, 0.25) is 0 Å². The SMILES string of the molecule is O=C(CC1CCS(=O)(=O)C1)Nc1nc(-c2ccc3ccccc3c2)cs1. The molecule has 0 spiro atoms. The molecule has 1 unspecified atom stereocenters. The molecule has 1 atom stereocenters. The largest absolute Gasteiger partial charge is 0.302 e. The highest BCUT2D eigenvalue weighted by atomic mass is 32.2. The second-order valence-electron chi connectivity index (χ2n) is 6.62. The topological polar surface area (TPSA) is 76.1 Å². The molecule has 1 N–H and O–H groups in total. The fraction of sp³-hybridized carbons (Fsp3) is 0.263. The monoisotopic (exact) mass is 386 g/mol. The second kappa shape index (κ2) is 6.81. The van der Waals surface area contributed by atoms with Gasteiger partial charge in [0.15, 0.2) is 15.0 Å². The van der Waals surface area contributed by atoms with Crippen molar-refractivity contribution >= 4 is 43.0 Å². The van der Waals surface area contributed by atoms with Gasteiger partial charge in [-0.3, -0.25) is 4.79 Å². The first kappa shape index (κ1) is 17.2. The minimum Gasteiger partial charge on any atom is -0.302 e. The summed E-state index contributed by atoms with van der Waals surface area (Å²) in [6.45, 7) is 0. The van der Waals surface area contributed by atoms with E-state index in [-0.39, 0.29) is 29.8 Å². The van der Waals surface area contributed by atoms with E-state index in [0.29, 0.717) is 11.6 Å². The molecule has 1 saturated heterocycles. The minimum atomic E-state index is -2.96. The van der Waals surface area contributed by atoms with Crippen molar-refractivity contribution in [2.45, 2.75) is 12.8 Å². The summed E-state index contributed by atoms with van der Waals surface area (Å²) in [6, 6.07) is 14.3. The van der Waals surface area contributed by atoms with E-state index in [1.165, 1.54) is 16.7 Å². The van der Waals surface area contributed by atoms with Crippen LogP contribution in [0.1, 0.15) is 12.8 Å². The van der Waals surface area contributed by atoms with E-state index < -0.39 is 9.84 Å². The molecule has 1 aromatic heterocycles. The summed E-state index contributed by atoms with van der Waals surface area (Å²) in [6.07, 6.45) is 0.792. The minimum absolute atomic E-state index is 0.0834. The molecule has 4 rings (SSSR count). The molecular formula is C19H18N2O3S2. The van der Waals surface area contributed by atoms with Gasteiger partial charge < -0.3 is 5.32 Å². The molecule has 1 amide bonds. The second-order valence-corrected chi connectivity index (χ2v) is 9.71. The van der Waals surface area contributed by atoms with Gasteiger partial charge in [-0.2, -0.15) is 0 Å². The van der Waals surface area contributed by atoms with Crippen molar-refractivity contribution in [1.82, 2.24) is 4.98 Å². The quantitative estimate of drug-likeness (QED) is 0.741. The van der Waals surface area contributed by atoms with Gasteiger partial charge in [0.1, 0.15) is 0 Å². The normalized spacial score (nSPS) is 18.8. The van der Waals surface area contributed by atoms with E-state index in [2.05, 4.69) is 34.6 Å². The van der Waals surface area contributed by atoms with Crippen LogP contribution in [0.15, 0.2) is 47.8 Å². The van der Waals surface area contributed by atoms with Crippen LogP contribution in [-0.2, 0) is 14.6 Å². The summed E-state index contributed by atoms with van der Waals surface area (Å²) in [5.41, 5.74) is 1.82. The lowest BCUT2D eigenvalue weighted by Gasteiger charge is -2.06. The van der Waals surface area contributed by atoms with E-state index in [1.807, 2.05) is 23.6 Å². The summed E-state index contributed by atoms with van der Waals surface area (Å²) in [5, 5.41) is 7.57. The zero-order valence-electron chi connectivity index (χ0n) is 14.0. The van der Waals surface area contributed by atoms with Gasteiger partial charge in [0.25, 0.3) is 0 Å². The summed E-state index contributed by atoms with van der Waals surface area (Å²) >= 11 is 1.37. The maximum atomic E-state index is 12.2. The predicted molar refractivity (Wildman–Crippen MR) is 105 cm³/mol. The molecule has 0 saturated carbocycles. The molecular weight excluding hydrogens is 368 g/mol. The molecule has 1 aliphatic rings. The number of nitrogens with one attached hydrogen (secondary N) is 1. The Morgan fingerprint density at radius 3 is 2.77 bits per heavy atom. The van der Waals surface area contributed by atoms with E-state index in [0.717, 1.165) is 16.6 Å². The van der Waals surface area contributed by atoms with Crippen LogP contribution in [0.4, 0.5) is 5.13 Å². The van der Waals surface area contributed by atoms with Crippen LogP contribution < -0.4 is 5.32 Å². The van der Waals surface area contributed by atoms with Crippen molar-refractivity contribution in [2.24, 2.45) is 5.92 Å². The van der Waals surface area contributed by atoms with Crippen LogP contribution in [0.25, 0.3) is 22.0 Å². The van der Waals surface area contributed by atoms with Gasteiger partial charge in [-0.05, 0) is 29.2 Å². The summed E-state index contributed by atoms with van der Waals surface area (Å²) in [5.74, 6) is 0.0426. The first-order valence-electron chi connectivity index (χ1n) is 8.43. The Morgan fingerprint density at radius 1 is 1.19 bits per heavy atom. The first-order valence-corrected chi connectivity index (χ1v) is 11.1. The number of sulfone groups is 1. The van der Waals surface area contributed by atoms with Gasteiger partial charge >= 0.3 is 0 Å². The number of hydrogen-bond donors (Lipinski definition) is 1. The lowest BCUT2D eigenvalue weighted by atomic mass is 10.1. The molecule has 3 aromatic rings. The number of benzene rings is 2. The third kappa shape index (κ3) is 3.78. The molecule has 2 aromatic carbocycles. The number of carbonyl (C=O) groups excluding carboxylic acids is 1. The number of rotatable bonds is 4. The average molecular weight is 386 g/mol. The number of amides is 1. The number of nitrogens with zero attached hydrogens (tertiary/aromatic N) is 1. The molecule has 134 valence electrons. The Bertz CT molecular complexity index is 1070. The molecule has 26 heavy (non-hydrogen) atoms. The fourth-order valence-corrected chi connectivity index (χ4v) is 5.88. The number of aromatic nitrogens is 1. The van der Waals surface area contributed by atoms with Crippen molar-refractivity contribution in [3.8, 4) is 11.3 Å². The molecule has 0 bridgehead atoms. The van der Waals surface area contributed by atoms with Gasteiger partial charge in [-0.25, -0.2) is 13.4 Å². The molecule has 1 fully saturated rings. The standard InChI is InChI=1S/C19H18N2O3S2/c22-18(9-13-7-8-26(23,24)12-13)21-19-20-17(11-25-19)16-6-5-14-3-1-2-4-15(14)10-16/h1-6,10-11,13H,7-9,12H2,(H,20,21,22). The molecule has 1 aliphatic heterocycles. The van der Waals surface area contributed by atoms with Gasteiger partial charge in [0.05, 0.1) is 17.2 Å². The van der Waals surface area contributed by atoms with Crippen molar-refractivity contribution in [2.75, 3.05) is 16.8 Å². The van der Waals surface area contributed by atoms with E-state index >= 15 is 0 Å². The molecule has 0 radical (unpaired) electrons. The third-order valence-electron chi connectivity index (χ3n) is 4.60. The number of anilines is 1. The van der Waals surface area contributed by atoms with Crippen molar-refractivity contribution in [3.63, 3.8) is 0 Å². The summed E-state index contributed by atoms with van der Waals surface area (Å²) in [7, 11) is -2.96. The Balaban J connectivity index is 1.44. The molecule has 7 heteroatoms. The Labute approximate surface area is 156 Å². The Hall–Kier alpha value is -2.25. The van der Waals surface area contributed by atoms with Gasteiger partial charge in [0, 0.05) is 17.4 Å². The zero-order chi connectivity index (χ0) is 18.1. The van der Waals surface area contributed by atoms with Crippen LogP contribution in [0.3, 0.4) is 0 Å². The van der Waals surface area contributed by atoms with Crippen molar-refractivity contribution < 1.29 is 13.2 Å². The van der Waals surface area contributed by atoms with Crippen molar-refractivity contribution in [3.05, 3.63) is 47.8 Å². The van der Waals surface area contributed by atoms with Gasteiger partial charge in [-0.15, -0.1) is 11.3 Å². The number of hydrogen-bond acceptors (Lipinski definition) is 5. The van der Waals surface area contributed by atoms with Crippen LogP contribution in [0.5, 0.6) is 0 Å². The summed E-state index contributed by atoms with van der Waals surface area (Å²) < 4.78 is 23.0. The smallest absolute Gasteiger partial charge is 0.226 e. The molecule has 5 nitrogen and oxygen atoms in total. The highest BCUT2D eigenvalue weighted by Gasteiger charge is 2.29. The highest BCUT2D eigenvalue weighted by molar-refractivity contribution is 7.91. The van der Waals surface area contributed by atoms with E-state index in [1.54, 1.807) is 0 Å². The molecule has 2 heterocycles. The number of thiazole rings is 1. The predicted octanol–water partition coefficient (Wildman–Crippen LogP) is 3.73. The molecule has 0 aliphatic carbocycles. The lowest BCUT2D eigenvalue weighted by Crippen LogP contribution is -2.17. The number of carbonyl (C=O) groups is 1. The zero-order valence-corrected chi connectivity index (χ0v) is 15.6. The van der Waals surface area contributed by atoms with Gasteiger partial charge in [0.2, 0.25) is 5.91 Å². The van der Waals surface area contributed by atoms with Gasteiger partial charge in [-0.1, -0.05) is 36.4 Å². The summed E-state index contributed by atoms with van der Waals surface area (Å²) in [4.78, 5) is 16.7. The highest BCUT2D eigenvalue weighted by Crippen LogP contribution is 2.28. The Morgan fingerprint density at radius 2 is 2.00 bits per heavy atom.